The second-order valence-corrected chi connectivity index (χ2v) is 4.51. The number of nitrogens with two attached hydrogens (primary N) is 1. The Bertz CT molecular complexity index is 591. The Morgan fingerprint density at radius 2 is 1.90 bits per heavy atom. The van der Waals surface area contributed by atoms with Crippen LogP contribution in [-0.2, 0) is 6.54 Å². The van der Waals surface area contributed by atoms with Gasteiger partial charge in [-0.05, 0) is 23.3 Å². The van der Waals surface area contributed by atoms with Gasteiger partial charge >= 0.3 is 0 Å². The van der Waals surface area contributed by atoms with Crippen LogP contribution >= 0.6 is 0 Å². The lowest BCUT2D eigenvalue weighted by Gasteiger charge is -2.03. The average molecular weight is 266 g/mol. The van der Waals surface area contributed by atoms with Gasteiger partial charge in [0.2, 0.25) is 5.91 Å². The van der Waals surface area contributed by atoms with Crippen molar-refractivity contribution in [1.29, 1.82) is 0 Å². The normalized spacial score (nSPS) is 10.8. The maximum absolute atomic E-state index is 11.1. The van der Waals surface area contributed by atoms with E-state index in [0.29, 0.717) is 12.1 Å². The van der Waals surface area contributed by atoms with E-state index < -0.39 is 5.91 Å². The van der Waals surface area contributed by atoms with Gasteiger partial charge in [-0.25, -0.2) is 0 Å². The molecule has 0 radical (unpaired) electrons. The third-order valence-electron chi connectivity index (χ3n) is 2.91. The smallest absolute Gasteiger partial charge is 0.248 e. The zero-order valence-electron chi connectivity index (χ0n) is 11.3. The van der Waals surface area contributed by atoms with Crippen molar-refractivity contribution in [3.05, 3.63) is 77.4 Å². The minimum absolute atomic E-state index is 0.393. The average Bonchev–Trinajstić information content (AvgIpc) is 2.48. The molecule has 2 aromatic carbocycles. The fourth-order valence-corrected chi connectivity index (χ4v) is 1.89. The first-order chi connectivity index (χ1) is 9.75. The number of carbonyl (C=O) groups excluding carboxylic acids is 1. The van der Waals surface area contributed by atoms with Crippen LogP contribution in [0, 0.1) is 0 Å². The molecular formula is C17H18N2O. The van der Waals surface area contributed by atoms with Crippen molar-refractivity contribution in [3.63, 3.8) is 0 Å². The lowest BCUT2D eigenvalue weighted by Crippen LogP contribution is -2.15. The SMILES string of the molecule is NC(=O)c1cccc(CNC/C=C/c2ccccc2)c1. The Kier molecular flexibility index (Phi) is 5.09. The molecule has 0 aliphatic rings. The number of carbonyl (C=O) groups is 1. The van der Waals surface area contributed by atoms with Crippen LogP contribution in [0.2, 0.25) is 0 Å². The predicted molar refractivity (Wildman–Crippen MR) is 82.1 cm³/mol. The van der Waals surface area contributed by atoms with Crippen molar-refractivity contribution in [1.82, 2.24) is 5.32 Å². The number of nitrogens with one attached hydrogen (secondary N) is 1. The summed E-state index contributed by atoms with van der Waals surface area (Å²) in [5.41, 5.74) is 8.03. The highest BCUT2D eigenvalue weighted by Gasteiger charge is 2.00. The molecule has 0 fully saturated rings. The van der Waals surface area contributed by atoms with Crippen molar-refractivity contribution in [2.45, 2.75) is 6.54 Å². The molecule has 102 valence electrons. The largest absolute Gasteiger partial charge is 0.366 e. The Labute approximate surface area is 119 Å². The van der Waals surface area contributed by atoms with Crippen LogP contribution in [0.15, 0.2) is 60.7 Å². The van der Waals surface area contributed by atoms with E-state index in [2.05, 4.69) is 29.6 Å². The van der Waals surface area contributed by atoms with Crippen LogP contribution in [-0.4, -0.2) is 12.5 Å². The molecule has 0 spiro atoms. The highest BCUT2D eigenvalue weighted by molar-refractivity contribution is 5.92. The first-order valence-corrected chi connectivity index (χ1v) is 6.57. The summed E-state index contributed by atoms with van der Waals surface area (Å²) >= 11 is 0. The second-order valence-electron chi connectivity index (χ2n) is 4.51. The van der Waals surface area contributed by atoms with E-state index in [0.717, 1.165) is 12.1 Å². The van der Waals surface area contributed by atoms with Gasteiger partial charge in [-0.2, -0.15) is 0 Å². The first kappa shape index (κ1) is 14.0. The topological polar surface area (TPSA) is 55.1 Å². The zero-order chi connectivity index (χ0) is 14.2. The van der Waals surface area contributed by atoms with Gasteiger partial charge in [0.1, 0.15) is 0 Å². The van der Waals surface area contributed by atoms with Crippen LogP contribution in [0.4, 0.5) is 0 Å². The molecule has 2 rings (SSSR count). The summed E-state index contributed by atoms with van der Waals surface area (Å²) < 4.78 is 0. The van der Waals surface area contributed by atoms with Crippen molar-refractivity contribution < 1.29 is 4.79 Å². The lowest BCUT2D eigenvalue weighted by molar-refractivity contribution is 0.1000. The minimum Gasteiger partial charge on any atom is -0.366 e. The van der Waals surface area contributed by atoms with Crippen LogP contribution in [0.25, 0.3) is 6.08 Å². The molecule has 0 aromatic heterocycles. The van der Waals surface area contributed by atoms with Gasteiger partial charge in [-0.3, -0.25) is 4.79 Å². The van der Waals surface area contributed by atoms with Crippen molar-refractivity contribution in [2.24, 2.45) is 5.73 Å². The highest BCUT2D eigenvalue weighted by Crippen LogP contribution is 2.04. The molecule has 3 heteroatoms. The predicted octanol–water partition coefficient (Wildman–Crippen LogP) is 2.59. The second kappa shape index (κ2) is 7.26. The molecule has 3 N–H and O–H groups in total. The van der Waals surface area contributed by atoms with E-state index in [-0.39, 0.29) is 0 Å². The van der Waals surface area contributed by atoms with Gasteiger partial charge < -0.3 is 11.1 Å². The molecule has 0 aliphatic carbocycles. The van der Waals surface area contributed by atoms with Gasteiger partial charge in [0.15, 0.2) is 0 Å². The summed E-state index contributed by atoms with van der Waals surface area (Å²) in [5, 5.41) is 3.30. The van der Waals surface area contributed by atoms with Crippen LogP contribution in [0.3, 0.4) is 0 Å². The number of hydrogen-bond donors (Lipinski definition) is 2. The summed E-state index contributed by atoms with van der Waals surface area (Å²) in [6, 6.07) is 17.5. The van der Waals surface area contributed by atoms with Gasteiger partial charge in [-0.15, -0.1) is 0 Å². The van der Waals surface area contributed by atoms with Crippen LogP contribution in [0.5, 0.6) is 0 Å². The van der Waals surface area contributed by atoms with Gasteiger partial charge in [-0.1, -0.05) is 54.6 Å². The highest BCUT2D eigenvalue weighted by atomic mass is 16.1. The summed E-state index contributed by atoms with van der Waals surface area (Å²) in [5.74, 6) is -0.393. The van der Waals surface area contributed by atoms with Crippen LogP contribution in [0.1, 0.15) is 21.5 Å². The van der Waals surface area contributed by atoms with Crippen molar-refractivity contribution in [2.75, 3.05) is 6.54 Å². The first-order valence-electron chi connectivity index (χ1n) is 6.57. The van der Waals surface area contributed by atoms with Gasteiger partial charge in [0.05, 0.1) is 0 Å². The molecule has 0 aliphatic heterocycles. The van der Waals surface area contributed by atoms with Gasteiger partial charge in [0, 0.05) is 18.7 Å². The Morgan fingerprint density at radius 3 is 2.65 bits per heavy atom. The van der Waals surface area contributed by atoms with E-state index in [9.17, 15) is 4.79 Å². The number of rotatable bonds is 6. The number of primary amides is 1. The molecule has 20 heavy (non-hydrogen) atoms. The fraction of sp³-hybridized carbons (Fsp3) is 0.118. The maximum atomic E-state index is 11.1. The monoisotopic (exact) mass is 266 g/mol. The Hall–Kier alpha value is -2.39. The fourth-order valence-electron chi connectivity index (χ4n) is 1.89. The van der Waals surface area contributed by atoms with Crippen molar-refractivity contribution >= 4 is 12.0 Å². The van der Waals surface area contributed by atoms with Gasteiger partial charge in [0.25, 0.3) is 0 Å². The number of hydrogen-bond acceptors (Lipinski definition) is 2. The molecule has 0 heterocycles. The lowest BCUT2D eigenvalue weighted by atomic mass is 10.1. The van der Waals surface area contributed by atoms with Crippen LogP contribution < -0.4 is 11.1 Å². The molecule has 0 unspecified atom stereocenters. The molecule has 0 saturated carbocycles. The Balaban J connectivity index is 1.80. The standard InChI is InChI=1S/C17H18N2O/c18-17(20)16-10-4-8-15(12-16)13-19-11-5-9-14-6-2-1-3-7-14/h1-10,12,19H,11,13H2,(H2,18,20)/b9-5+. The number of benzene rings is 2. The Morgan fingerprint density at radius 1 is 1.10 bits per heavy atom. The van der Waals surface area contributed by atoms with E-state index >= 15 is 0 Å². The summed E-state index contributed by atoms with van der Waals surface area (Å²) in [6.07, 6.45) is 4.15. The molecule has 0 bridgehead atoms. The molecule has 2 aromatic rings. The molecule has 1 amide bonds. The number of amides is 1. The molecule has 3 nitrogen and oxygen atoms in total. The van der Waals surface area contributed by atoms with E-state index in [1.165, 1.54) is 5.56 Å². The van der Waals surface area contributed by atoms with Crippen molar-refractivity contribution in [3.8, 4) is 0 Å². The molecular weight excluding hydrogens is 248 g/mol. The summed E-state index contributed by atoms with van der Waals surface area (Å²) in [4.78, 5) is 11.1. The van der Waals surface area contributed by atoms with E-state index in [1.807, 2.05) is 36.4 Å². The third kappa shape index (κ3) is 4.37. The maximum Gasteiger partial charge on any atom is 0.248 e. The molecule has 0 atom stereocenters. The van der Waals surface area contributed by atoms with E-state index in [1.54, 1.807) is 6.07 Å². The quantitative estimate of drug-likeness (QED) is 0.790. The summed E-state index contributed by atoms with van der Waals surface area (Å²) in [7, 11) is 0. The van der Waals surface area contributed by atoms with E-state index in [4.69, 9.17) is 5.73 Å². The minimum atomic E-state index is -0.393. The summed E-state index contributed by atoms with van der Waals surface area (Å²) in [6.45, 7) is 1.48. The molecule has 0 saturated heterocycles. The third-order valence-corrected chi connectivity index (χ3v) is 2.91. The zero-order valence-corrected chi connectivity index (χ0v) is 11.3.